The van der Waals surface area contributed by atoms with Crippen LogP contribution in [0.2, 0.25) is 0 Å². The summed E-state index contributed by atoms with van der Waals surface area (Å²) >= 11 is 0. The van der Waals surface area contributed by atoms with Crippen molar-refractivity contribution in [3.05, 3.63) is 11.1 Å². The van der Waals surface area contributed by atoms with Crippen molar-refractivity contribution in [2.75, 3.05) is 0 Å². The van der Waals surface area contributed by atoms with Gasteiger partial charge in [-0.1, -0.05) is 30.9 Å². The maximum absolute atomic E-state index is 11.9. The van der Waals surface area contributed by atoms with Gasteiger partial charge in [-0.05, 0) is 62.2 Å². The molecule has 0 aromatic carbocycles. The molecule has 1 N–H and O–H groups in total. The van der Waals surface area contributed by atoms with Crippen molar-refractivity contribution in [3.8, 4) is 12.3 Å². The third-order valence-electron chi connectivity index (χ3n) is 7.93. The quantitative estimate of drug-likeness (QED) is 0.544. The predicted octanol–water partition coefficient (Wildman–Crippen LogP) is 3.88. The Morgan fingerprint density at radius 2 is 2.04 bits per heavy atom. The maximum Gasteiger partial charge on any atom is 0.137 e. The summed E-state index contributed by atoms with van der Waals surface area (Å²) in [6.45, 7) is 4.60. The molecule has 0 radical (unpaired) electrons. The number of Topliss-reactive ketones (excluding diaryl/α,β-unsaturated/α-hetero) is 1. The molecule has 0 aromatic heterocycles. The van der Waals surface area contributed by atoms with E-state index in [1.807, 2.05) is 0 Å². The molecule has 0 bridgehead atoms. The molecule has 2 nitrogen and oxygen atoms in total. The predicted molar refractivity (Wildman–Crippen MR) is 90.5 cm³/mol. The smallest absolute Gasteiger partial charge is 0.137 e. The first kappa shape index (κ1) is 15.5. The van der Waals surface area contributed by atoms with E-state index in [1.54, 1.807) is 5.57 Å². The topological polar surface area (TPSA) is 37.3 Å². The summed E-state index contributed by atoms with van der Waals surface area (Å²) in [6.07, 6.45) is 13.2. The van der Waals surface area contributed by atoms with Crippen LogP contribution in [0.15, 0.2) is 11.1 Å². The van der Waals surface area contributed by atoms with Crippen LogP contribution in [0.3, 0.4) is 0 Å². The van der Waals surface area contributed by atoms with E-state index in [0.29, 0.717) is 35.9 Å². The second kappa shape index (κ2) is 4.96. The number of hydrogen-bond donors (Lipinski definition) is 1. The summed E-state index contributed by atoms with van der Waals surface area (Å²) < 4.78 is 0. The van der Waals surface area contributed by atoms with Crippen LogP contribution in [-0.2, 0) is 4.79 Å². The molecular formula is C21H28O2. The molecule has 4 aliphatic rings. The number of ketones is 1. The fourth-order valence-corrected chi connectivity index (χ4v) is 6.72. The van der Waals surface area contributed by atoms with Crippen molar-refractivity contribution in [3.63, 3.8) is 0 Å². The second-order valence-corrected chi connectivity index (χ2v) is 8.82. The number of aliphatic hydroxyl groups is 1. The first-order valence-electron chi connectivity index (χ1n) is 9.32. The first-order chi connectivity index (χ1) is 10.9. The zero-order valence-corrected chi connectivity index (χ0v) is 14.4. The lowest BCUT2D eigenvalue weighted by Crippen LogP contribution is -2.52. The Balaban J connectivity index is 1.72. The molecule has 6 atom stereocenters. The van der Waals surface area contributed by atoms with Gasteiger partial charge in [0.2, 0.25) is 0 Å². The van der Waals surface area contributed by atoms with Gasteiger partial charge < -0.3 is 5.11 Å². The summed E-state index contributed by atoms with van der Waals surface area (Å²) in [5.41, 5.74) is 2.04. The Morgan fingerprint density at radius 3 is 2.78 bits per heavy atom. The van der Waals surface area contributed by atoms with Gasteiger partial charge in [0, 0.05) is 18.3 Å². The SMILES string of the molecule is C#CC1(O)CCC2C3C(CCC21C)C1=C(CC(=O)CC1)C[C@H]3C. The van der Waals surface area contributed by atoms with Crippen LogP contribution in [0.25, 0.3) is 0 Å². The van der Waals surface area contributed by atoms with E-state index in [2.05, 4.69) is 19.8 Å². The van der Waals surface area contributed by atoms with E-state index in [9.17, 15) is 9.90 Å². The number of allylic oxidation sites excluding steroid dienone is 2. The van der Waals surface area contributed by atoms with Crippen molar-refractivity contribution in [1.29, 1.82) is 0 Å². The standard InChI is InChI=1S/C21H28O2/c1-4-21(23)10-8-18-19-13(2)11-14-12-15(22)5-6-16(14)17(19)7-9-20(18,21)3/h1,13,17-19,23H,5-12H2,2-3H3/t13-,17?,18?,19?,20?,21?/m1/s1. The van der Waals surface area contributed by atoms with Gasteiger partial charge in [0.1, 0.15) is 11.4 Å². The minimum atomic E-state index is -0.917. The maximum atomic E-state index is 11.9. The van der Waals surface area contributed by atoms with Gasteiger partial charge >= 0.3 is 0 Å². The monoisotopic (exact) mass is 312 g/mol. The molecule has 0 aliphatic heterocycles. The van der Waals surface area contributed by atoms with Crippen LogP contribution in [0.1, 0.15) is 65.2 Å². The molecule has 0 spiro atoms. The summed E-state index contributed by atoms with van der Waals surface area (Å²) in [6, 6.07) is 0. The molecule has 0 heterocycles. The van der Waals surface area contributed by atoms with E-state index < -0.39 is 5.60 Å². The number of fused-ring (bicyclic) bond motifs is 4. The minimum Gasteiger partial charge on any atom is -0.377 e. The Hall–Kier alpha value is -1.07. The molecule has 23 heavy (non-hydrogen) atoms. The lowest BCUT2D eigenvalue weighted by molar-refractivity contribution is -0.119. The van der Waals surface area contributed by atoms with E-state index in [1.165, 1.54) is 5.57 Å². The lowest BCUT2D eigenvalue weighted by Gasteiger charge is -2.55. The zero-order valence-electron chi connectivity index (χ0n) is 14.4. The Kier molecular flexibility index (Phi) is 3.34. The summed E-state index contributed by atoms with van der Waals surface area (Å²) in [7, 11) is 0. The molecule has 2 fully saturated rings. The number of hydrogen-bond acceptors (Lipinski definition) is 2. The van der Waals surface area contributed by atoms with Gasteiger partial charge in [0.25, 0.3) is 0 Å². The third-order valence-corrected chi connectivity index (χ3v) is 7.93. The van der Waals surface area contributed by atoms with Crippen LogP contribution in [0.4, 0.5) is 0 Å². The van der Waals surface area contributed by atoms with Crippen molar-refractivity contribution >= 4 is 5.78 Å². The third kappa shape index (κ3) is 1.96. The van der Waals surface area contributed by atoms with Crippen LogP contribution in [-0.4, -0.2) is 16.5 Å². The van der Waals surface area contributed by atoms with E-state index >= 15 is 0 Å². The molecule has 0 aromatic rings. The van der Waals surface area contributed by atoms with Crippen LogP contribution in [0, 0.1) is 41.4 Å². The Morgan fingerprint density at radius 1 is 1.26 bits per heavy atom. The van der Waals surface area contributed by atoms with Crippen molar-refractivity contribution in [2.45, 2.75) is 70.8 Å². The van der Waals surface area contributed by atoms with Gasteiger partial charge in [-0.3, -0.25) is 4.79 Å². The molecule has 4 rings (SSSR count). The molecule has 2 saturated carbocycles. The van der Waals surface area contributed by atoms with Crippen LogP contribution < -0.4 is 0 Å². The largest absolute Gasteiger partial charge is 0.377 e. The average molecular weight is 312 g/mol. The zero-order chi connectivity index (χ0) is 16.4. The molecule has 4 aliphatic carbocycles. The molecule has 124 valence electrons. The van der Waals surface area contributed by atoms with Gasteiger partial charge in [-0.2, -0.15) is 0 Å². The van der Waals surface area contributed by atoms with E-state index in [0.717, 1.165) is 44.9 Å². The van der Waals surface area contributed by atoms with Crippen molar-refractivity contribution in [1.82, 2.24) is 0 Å². The van der Waals surface area contributed by atoms with Gasteiger partial charge in [0.15, 0.2) is 0 Å². The highest BCUT2D eigenvalue weighted by Crippen LogP contribution is 2.65. The van der Waals surface area contributed by atoms with Gasteiger partial charge in [0.05, 0.1) is 0 Å². The first-order valence-corrected chi connectivity index (χ1v) is 9.32. The number of rotatable bonds is 0. The molecule has 0 amide bonds. The molecule has 2 heteroatoms. The Labute approximate surface area is 139 Å². The number of terminal acetylenes is 1. The normalized spacial score (nSPS) is 49.2. The number of carbonyl (C=O) groups excluding carboxylic acids is 1. The number of carbonyl (C=O) groups is 1. The highest BCUT2D eigenvalue weighted by Gasteiger charge is 2.62. The van der Waals surface area contributed by atoms with E-state index in [-0.39, 0.29) is 5.41 Å². The average Bonchev–Trinajstić information content (AvgIpc) is 2.79. The van der Waals surface area contributed by atoms with Gasteiger partial charge in [-0.15, -0.1) is 6.42 Å². The Bertz CT molecular complexity index is 624. The highest BCUT2D eigenvalue weighted by atomic mass is 16.3. The van der Waals surface area contributed by atoms with Crippen molar-refractivity contribution < 1.29 is 9.90 Å². The van der Waals surface area contributed by atoms with Crippen molar-refractivity contribution in [2.24, 2.45) is 29.1 Å². The van der Waals surface area contributed by atoms with E-state index in [4.69, 9.17) is 6.42 Å². The summed E-state index contributed by atoms with van der Waals surface area (Å²) in [5, 5.41) is 11.0. The molecule has 5 unspecified atom stereocenters. The second-order valence-electron chi connectivity index (χ2n) is 8.82. The molecule has 0 saturated heterocycles. The van der Waals surface area contributed by atoms with Crippen LogP contribution in [0.5, 0.6) is 0 Å². The summed E-state index contributed by atoms with van der Waals surface area (Å²) in [4.78, 5) is 11.9. The summed E-state index contributed by atoms with van der Waals surface area (Å²) in [5.74, 6) is 5.60. The minimum absolute atomic E-state index is 0.125. The fraction of sp³-hybridized carbons (Fsp3) is 0.762. The fourth-order valence-electron chi connectivity index (χ4n) is 6.72. The highest BCUT2D eigenvalue weighted by molar-refractivity contribution is 5.82. The lowest BCUT2D eigenvalue weighted by atomic mass is 9.50. The van der Waals surface area contributed by atoms with Crippen LogP contribution >= 0.6 is 0 Å². The van der Waals surface area contributed by atoms with Gasteiger partial charge in [-0.25, -0.2) is 0 Å². The molecular weight excluding hydrogens is 284 g/mol.